The van der Waals surface area contributed by atoms with E-state index in [4.69, 9.17) is 0 Å². The lowest BCUT2D eigenvalue weighted by Gasteiger charge is -2.27. The summed E-state index contributed by atoms with van der Waals surface area (Å²) in [5, 5.41) is 23.9. The summed E-state index contributed by atoms with van der Waals surface area (Å²) in [6.45, 7) is 2.22. The van der Waals surface area contributed by atoms with Gasteiger partial charge >= 0.3 is 0 Å². The van der Waals surface area contributed by atoms with E-state index in [2.05, 4.69) is 33.6 Å². The predicted octanol–water partition coefficient (Wildman–Crippen LogP) is 4.26. The summed E-state index contributed by atoms with van der Waals surface area (Å²) >= 11 is 0. The highest BCUT2D eigenvalue weighted by Gasteiger charge is 2.38. The van der Waals surface area contributed by atoms with Crippen LogP contribution in [0.4, 0.5) is 0 Å². The number of nitrogens with zero attached hydrogens (tertiary/aromatic N) is 3. The number of carbonyl (C=O) groups is 1. The number of carbonyl (C=O) groups excluding carboxylic acids is 1. The number of aromatic hydroxyl groups is 1. The molecule has 0 bridgehead atoms. The molecule has 0 saturated heterocycles. The van der Waals surface area contributed by atoms with Crippen molar-refractivity contribution in [3.05, 3.63) is 35.7 Å². The molecule has 3 rings (SSSR count). The molecule has 1 fully saturated rings. The molecule has 6 nitrogen and oxygen atoms in total. The van der Waals surface area contributed by atoms with Crippen LogP contribution in [-0.4, -0.2) is 31.5 Å². The van der Waals surface area contributed by atoms with Crippen molar-refractivity contribution in [2.45, 2.75) is 71.1 Å². The Balaban J connectivity index is 1.51. The summed E-state index contributed by atoms with van der Waals surface area (Å²) < 4.78 is 0. The normalized spacial score (nSPS) is 20.5. The number of ketones is 1. The molecule has 0 amide bonds. The van der Waals surface area contributed by atoms with Gasteiger partial charge in [0.05, 0.1) is 0 Å². The van der Waals surface area contributed by atoms with E-state index < -0.39 is 0 Å². The van der Waals surface area contributed by atoms with Crippen LogP contribution in [-0.2, 0) is 17.6 Å². The smallest absolute Gasteiger partial charge is 0.174 e. The Labute approximate surface area is 167 Å². The molecule has 0 radical (unpaired) electrons. The van der Waals surface area contributed by atoms with Crippen molar-refractivity contribution < 1.29 is 9.90 Å². The number of rotatable bonds is 11. The van der Waals surface area contributed by atoms with Gasteiger partial charge in [-0.15, -0.1) is 10.2 Å². The monoisotopic (exact) mass is 384 g/mol. The zero-order valence-corrected chi connectivity index (χ0v) is 16.8. The number of phenols is 1. The van der Waals surface area contributed by atoms with Gasteiger partial charge in [-0.3, -0.25) is 4.79 Å². The SMILES string of the molecule is CCCC(CCc1nn[nH]n1)[C@@H]1CCC(=O)[C@@H]1CCCCc1cccc(O)c1. The molecule has 1 unspecified atom stereocenters. The summed E-state index contributed by atoms with van der Waals surface area (Å²) in [6, 6.07) is 7.48. The van der Waals surface area contributed by atoms with Crippen LogP contribution in [0.3, 0.4) is 0 Å². The third kappa shape index (κ3) is 5.63. The molecule has 6 heteroatoms. The number of unbranched alkanes of at least 4 members (excludes halogenated alkanes) is 1. The molecule has 1 aromatic carbocycles. The second-order valence-electron chi connectivity index (χ2n) is 8.11. The molecule has 2 N–H and O–H groups in total. The molecule has 1 aliphatic rings. The number of Topliss-reactive ketones (excluding diaryl/α,β-unsaturated/α-hetero) is 1. The summed E-state index contributed by atoms with van der Waals surface area (Å²) in [5.74, 6) is 2.83. The first-order chi connectivity index (χ1) is 13.7. The van der Waals surface area contributed by atoms with E-state index in [0.29, 0.717) is 23.4 Å². The minimum absolute atomic E-state index is 0.214. The standard InChI is InChI=1S/C22H32N4O2/c1-2-6-17(11-14-22-23-25-26-24-22)19-12-13-21(28)20(19)10-4-3-7-16-8-5-9-18(27)15-16/h5,8-9,15,17,19-20,27H,2-4,6-7,10-14H2,1H3,(H,23,24,25,26)/t17?,19-,20+/m0/s1. The maximum atomic E-state index is 12.6. The van der Waals surface area contributed by atoms with Crippen molar-refractivity contribution in [1.29, 1.82) is 0 Å². The molecule has 28 heavy (non-hydrogen) atoms. The Bertz CT molecular complexity index is 732. The van der Waals surface area contributed by atoms with Crippen LogP contribution in [0.25, 0.3) is 0 Å². The second kappa shape index (κ2) is 10.3. The molecule has 0 aliphatic heterocycles. The van der Waals surface area contributed by atoms with Crippen LogP contribution < -0.4 is 0 Å². The molecule has 152 valence electrons. The fraction of sp³-hybridized carbons (Fsp3) is 0.636. The Morgan fingerprint density at radius 2 is 2.14 bits per heavy atom. The van der Waals surface area contributed by atoms with Crippen molar-refractivity contribution in [2.75, 3.05) is 0 Å². The van der Waals surface area contributed by atoms with Crippen LogP contribution in [0, 0.1) is 17.8 Å². The fourth-order valence-electron chi connectivity index (χ4n) is 4.83. The highest BCUT2D eigenvalue weighted by molar-refractivity contribution is 5.83. The molecular formula is C22H32N4O2. The average Bonchev–Trinajstić information content (AvgIpc) is 3.33. The van der Waals surface area contributed by atoms with Gasteiger partial charge in [-0.25, -0.2) is 0 Å². The maximum absolute atomic E-state index is 12.6. The van der Waals surface area contributed by atoms with Gasteiger partial charge in [-0.2, -0.15) is 5.21 Å². The van der Waals surface area contributed by atoms with E-state index in [1.54, 1.807) is 6.07 Å². The van der Waals surface area contributed by atoms with E-state index in [0.717, 1.165) is 70.0 Å². The minimum Gasteiger partial charge on any atom is -0.508 e. The first-order valence-electron chi connectivity index (χ1n) is 10.7. The first kappa shape index (κ1) is 20.5. The zero-order chi connectivity index (χ0) is 19.8. The molecular weight excluding hydrogens is 352 g/mol. The van der Waals surface area contributed by atoms with Crippen molar-refractivity contribution >= 4 is 5.78 Å². The molecule has 1 heterocycles. The van der Waals surface area contributed by atoms with Gasteiger partial charge in [-0.1, -0.05) is 43.5 Å². The number of tetrazole rings is 1. The van der Waals surface area contributed by atoms with Crippen LogP contribution >= 0.6 is 0 Å². The number of aromatic amines is 1. The Kier molecular flexibility index (Phi) is 7.57. The van der Waals surface area contributed by atoms with E-state index in [1.165, 1.54) is 5.56 Å². The minimum atomic E-state index is 0.214. The summed E-state index contributed by atoms with van der Waals surface area (Å²) in [4.78, 5) is 12.6. The Morgan fingerprint density at radius 1 is 1.25 bits per heavy atom. The summed E-state index contributed by atoms with van der Waals surface area (Å²) in [6.07, 6.45) is 10.0. The number of aromatic nitrogens is 4. The summed E-state index contributed by atoms with van der Waals surface area (Å²) in [5.41, 5.74) is 1.17. The van der Waals surface area contributed by atoms with Crippen LogP contribution in [0.2, 0.25) is 0 Å². The lowest BCUT2D eigenvalue weighted by molar-refractivity contribution is -0.121. The predicted molar refractivity (Wildman–Crippen MR) is 108 cm³/mol. The first-order valence-corrected chi connectivity index (χ1v) is 10.7. The molecule has 1 aromatic heterocycles. The van der Waals surface area contributed by atoms with Gasteiger partial charge in [0.2, 0.25) is 0 Å². The zero-order valence-electron chi connectivity index (χ0n) is 16.8. The quantitative estimate of drug-likeness (QED) is 0.565. The average molecular weight is 385 g/mol. The van der Waals surface area contributed by atoms with Crippen LogP contribution in [0.5, 0.6) is 5.75 Å². The second-order valence-corrected chi connectivity index (χ2v) is 8.11. The van der Waals surface area contributed by atoms with E-state index >= 15 is 0 Å². The third-order valence-corrected chi connectivity index (χ3v) is 6.19. The highest BCUT2D eigenvalue weighted by Crippen LogP contribution is 2.41. The molecule has 2 aromatic rings. The van der Waals surface area contributed by atoms with Gasteiger partial charge in [-0.05, 0) is 61.6 Å². The lowest BCUT2D eigenvalue weighted by Crippen LogP contribution is -2.23. The van der Waals surface area contributed by atoms with E-state index in [1.807, 2.05) is 12.1 Å². The van der Waals surface area contributed by atoms with Crippen molar-refractivity contribution in [2.24, 2.45) is 17.8 Å². The number of benzene rings is 1. The number of aryl methyl sites for hydroxylation is 2. The molecule has 0 spiro atoms. The molecule has 1 saturated carbocycles. The number of hydrogen-bond donors (Lipinski definition) is 2. The van der Waals surface area contributed by atoms with Gasteiger partial charge in [0.15, 0.2) is 5.82 Å². The van der Waals surface area contributed by atoms with E-state index in [-0.39, 0.29) is 5.92 Å². The van der Waals surface area contributed by atoms with Gasteiger partial charge < -0.3 is 5.11 Å². The van der Waals surface area contributed by atoms with Crippen molar-refractivity contribution in [3.63, 3.8) is 0 Å². The maximum Gasteiger partial charge on any atom is 0.174 e. The topological polar surface area (TPSA) is 91.8 Å². The van der Waals surface area contributed by atoms with E-state index in [9.17, 15) is 9.90 Å². The number of hydrogen-bond acceptors (Lipinski definition) is 5. The van der Waals surface area contributed by atoms with Gasteiger partial charge in [0.1, 0.15) is 11.5 Å². The van der Waals surface area contributed by atoms with Crippen LogP contribution in [0.15, 0.2) is 24.3 Å². The molecule has 3 atom stereocenters. The number of H-pyrrole nitrogens is 1. The Hall–Kier alpha value is -2.24. The summed E-state index contributed by atoms with van der Waals surface area (Å²) in [7, 11) is 0. The lowest BCUT2D eigenvalue weighted by atomic mass is 9.77. The Morgan fingerprint density at radius 3 is 2.89 bits per heavy atom. The largest absolute Gasteiger partial charge is 0.508 e. The fourth-order valence-corrected chi connectivity index (χ4v) is 4.83. The number of nitrogens with one attached hydrogen (secondary N) is 1. The van der Waals surface area contributed by atoms with Gasteiger partial charge in [0.25, 0.3) is 0 Å². The number of phenolic OH excluding ortho intramolecular Hbond substituents is 1. The van der Waals surface area contributed by atoms with Gasteiger partial charge in [0, 0.05) is 18.8 Å². The highest BCUT2D eigenvalue weighted by atomic mass is 16.3. The van der Waals surface area contributed by atoms with Crippen LogP contribution in [0.1, 0.15) is 69.7 Å². The third-order valence-electron chi connectivity index (χ3n) is 6.19. The van der Waals surface area contributed by atoms with Crippen molar-refractivity contribution in [3.8, 4) is 5.75 Å². The van der Waals surface area contributed by atoms with Crippen molar-refractivity contribution in [1.82, 2.24) is 20.6 Å². The molecule has 1 aliphatic carbocycles.